The molecule has 2 atom stereocenters. The lowest BCUT2D eigenvalue weighted by Gasteiger charge is -2.40. The van der Waals surface area contributed by atoms with Crippen molar-refractivity contribution in [1.82, 2.24) is 29.7 Å². The van der Waals surface area contributed by atoms with Gasteiger partial charge in [0, 0.05) is 71.7 Å². The van der Waals surface area contributed by atoms with Crippen LogP contribution in [0.15, 0.2) is 49.4 Å². The minimum absolute atomic E-state index is 0.0941. The van der Waals surface area contributed by atoms with Gasteiger partial charge >= 0.3 is 6.01 Å². The summed E-state index contributed by atoms with van der Waals surface area (Å²) in [6, 6.07) is 5.72. The van der Waals surface area contributed by atoms with Crippen LogP contribution in [0.25, 0.3) is 32.9 Å². The molecule has 6 rings (SSSR count). The Balaban J connectivity index is 1.46. The molecule has 0 N–H and O–H groups in total. The number of aromatic nitrogens is 4. The number of hydrogen-bond acceptors (Lipinski definition) is 8. The Kier molecular flexibility index (Phi) is 7.44. The maximum absolute atomic E-state index is 16.5. The maximum Gasteiger partial charge on any atom is 0.319 e. The molecule has 0 aliphatic carbocycles. The van der Waals surface area contributed by atoms with E-state index >= 15 is 4.39 Å². The van der Waals surface area contributed by atoms with Crippen LogP contribution in [0.4, 0.5) is 10.2 Å². The third kappa shape index (κ3) is 5.06. The lowest BCUT2D eigenvalue weighted by molar-refractivity contribution is -0.126. The number of carbonyl (C=O) groups is 1. The van der Waals surface area contributed by atoms with Crippen molar-refractivity contribution in [3.8, 4) is 17.3 Å². The number of halogens is 2. The highest BCUT2D eigenvalue weighted by atomic mass is 35.5. The predicted octanol–water partition coefficient (Wildman–Crippen LogP) is 4.73. The maximum atomic E-state index is 16.5. The van der Waals surface area contributed by atoms with Gasteiger partial charge in [0.2, 0.25) is 5.91 Å². The Labute approximate surface area is 242 Å². The fourth-order valence-electron chi connectivity index (χ4n) is 5.82. The van der Waals surface area contributed by atoms with Crippen molar-refractivity contribution in [2.75, 3.05) is 44.7 Å². The van der Waals surface area contributed by atoms with E-state index in [-0.39, 0.29) is 35.2 Å². The molecule has 2 fully saturated rings. The van der Waals surface area contributed by atoms with Crippen molar-refractivity contribution < 1.29 is 13.9 Å². The van der Waals surface area contributed by atoms with E-state index in [0.717, 1.165) is 24.8 Å². The van der Waals surface area contributed by atoms with Crippen LogP contribution in [0, 0.1) is 5.82 Å². The first kappa shape index (κ1) is 27.3. The number of piperazine rings is 1. The summed E-state index contributed by atoms with van der Waals surface area (Å²) in [5, 5.41) is 2.40. The molecule has 4 aromatic rings. The molecule has 2 aliphatic rings. The average molecular weight is 576 g/mol. The molecule has 0 unspecified atom stereocenters. The van der Waals surface area contributed by atoms with E-state index in [1.54, 1.807) is 29.6 Å². The number of benzene rings is 1. The number of likely N-dealkylation sites (N-methyl/N-ethyl adjacent to an activating group) is 1. The topological polar surface area (TPSA) is 87.6 Å². The molecule has 0 radical (unpaired) electrons. The van der Waals surface area contributed by atoms with Crippen LogP contribution in [-0.4, -0.2) is 87.6 Å². The summed E-state index contributed by atoms with van der Waals surface area (Å²) in [5.74, 6) is -0.195. The van der Waals surface area contributed by atoms with Crippen LogP contribution >= 0.6 is 11.6 Å². The summed E-state index contributed by atoms with van der Waals surface area (Å²) in [7, 11) is 2.07. The van der Waals surface area contributed by atoms with E-state index < -0.39 is 5.82 Å². The number of amides is 1. The number of nitrogens with zero attached hydrogens (tertiary/aromatic N) is 7. The number of anilines is 1. The molecule has 2 aliphatic heterocycles. The Bertz CT molecular complexity index is 1650. The SMILES string of the molecule is C=CC(=O)N1CCN(c2nc(OC[C@@H]3CCCN3C)nc3c(F)c(-c4cncc5cccc(Cl)c45)ncc23)[C@@H](C)C1. The number of carbonyl (C=O) groups excluding carboxylic acids is 1. The second-order valence-corrected chi connectivity index (χ2v) is 11.1. The van der Waals surface area contributed by atoms with Gasteiger partial charge < -0.3 is 19.4 Å². The first-order chi connectivity index (χ1) is 19.9. The van der Waals surface area contributed by atoms with E-state index in [9.17, 15) is 4.79 Å². The summed E-state index contributed by atoms with van der Waals surface area (Å²) >= 11 is 6.54. The van der Waals surface area contributed by atoms with E-state index in [4.69, 9.17) is 21.3 Å². The van der Waals surface area contributed by atoms with Gasteiger partial charge in [-0.1, -0.05) is 30.3 Å². The van der Waals surface area contributed by atoms with Crippen molar-refractivity contribution in [2.24, 2.45) is 0 Å². The average Bonchev–Trinajstić information content (AvgIpc) is 3.40. The predicted molar refractivity (Wildman–Crippen MR) is 158 cm³/mol. The number of ether oxygens (including phenoxy) is 1. The Morgan fingerprint density at radius 3 is 2.83 bits per heavy atom. The van der Waals surface area contributed by atoms with Gasteiger partial charge in [-0.15, -0.1) is 0 Å². The first-order valence-corrected chi connectivity index (χ1v) is 14.1. The molecule has 41 heavy (non-hydrogen) atoms. The standard InChI is InChI=1S/C30H31ClFN7O2/c1-4-24(40)38-11-12-39(18(2)16-38)29-22-15-34-27(21-14-33-13-19-7-5-9-23(31)25(19)21)26(32)28(22)35-30(36-29)41-17-20-8-6-10-37(20)3/h4-5,7,9,13-15,18,20H,1,6,8,10-12,16-17H2,2-3H3/t18-,20-/m0/s1. The minimum atomic E-state index is -0.601. The van der Waals surface area contributed by atoms with Crippen LogP contribution in [0.2, 0.25) is 5.02 Å². The summed E-state index contributed by atoms with van der Waals surface area (Å²) in [5.41, 5.74) is 0.688. The summed E-state index contributed by atoms with van der Waals surface area (Å²) in [6.45, 7) is 8.49. The zero-order valence-electron chi connectivity index (χ0n) is 23.1. The number of rotatable bonds is 6. The highest BCUT2D eigenvalue weighted by Gasteiger charge is 2.30. The monoisotopic (exact) mass is 575 g/mol. The highest BCUT2D eigenvalue weighted by molar-refractivity contribution is 6.36. The third-order valence-electron chi connectivity index (χ3n) is 8.09. The molecule has 0 bridgehead atoms. The molecule has 0 saturated carbocycles. The Morgan fingerprint density at radius 2 is 2.07 bits per heavy atom. The molecule has 3 aromatic heterocycles. The van der Waals surface area contributed by atoms with Crippen molar-refractivity contribution in [1.29, 1.82) is 0 Å². The molecule has 1 amide bonds. The van der Waals surface area contributed by atoms with Crippen LogP contribution in [0.1, 0.15) is 19.8 Å². The molecule has 212 valence electrons. The van der Waals surface area contributed by atoms with Crippen molar-refractivity contribution in [3.05, 3.63) is 60.3 Å². The van der Waals surface area contributed by atoms with Gasteiger partial charge in [0.25, 0.3) is 0 Å². The fourth-order valence-corrected chi connectivity index (χ4v) is 6.11. The van der Waals surface area contributed by atoms with Crippen molar-refractivity contribution in [3.63, 3.8) is 0 Å². The van der Waals surface area contributed by atoms with Gasteiger partial charge in [0.15, 0.2) is 5.82 Å². The van der Waals surface area contributed by atoms with Gasteiger partial charge in [-0.3, -0.25) is 14.8 Å². The van der Waals surface area contributed by atoms with Crippen LogP contribution in [0.3, 0.4) is 0 Å². The number of fused-ring (bicyclic) bond motifs is 2. The second-order valence-electron chi connectivity index (χ2n) is 10.7. The Morgan fingerprint density at radius 1 is 1.22 bits per heavy atom. The van der Waals surface area contributed by atoms with Gasteiger partial charge in [-0.2, -0.15) is 9.97 Å². The van der Waals surface area contributed by atoms with Crippen molar-refractivity contribution >= 4 is 45.0 Å². The first-order valence-electron chi connectivity index (χ1n) is 13.8. The number of hydrogen-bond donors (Lipinski definition) is 0. The molecule has 9 nitrogen and oxygen atoms in total. The molecule has 2 saturated heterocycles. The molecule has 0 spiro atoms. The summed E-state index contributed by atoms with van der Waals surface area (Å²) in [4.78, 5) is 36.5. The molecular weight excluding hydrogens is 545 g/mol. The normalized spacial score (nSPS) is 19.7. The molecule has 5 heterocycles. The fraction of sp³-hybridized carbons (Fsp3) is 0.367. The third-order valence-corrected chi connectivity index (χ3v) is 8.41. The quantitative estimate of drug-likeness (QED) is 0.305. The highest BCUT2D eigenvalue weighted by Crippen LogP contribution is 2.37. The largest absolute Gasteiger partial charge is 0.462 e. The van der Waals surface area contributed by atoms with Gasteiger partial charge in [0.1, 0.15) is 23.6 Å². The minimum Gasteiger partial charge on any atom is -0.462 e. The summed E-state index contributed by atoms with van der Waals surface area (Å²) in [6.07, 6.45) is 8.30. The van der Waals surface area contributed by atoms with Crippen LogP contribution in [-0.2, 0) is 4.79 Å². The number of likely N-dealkylation sites (tertiary alicyclic amines) is 1. The number of pyridine rings is 2. The smallest absolute Gasteiger partial charge is 0.319 e. The van der Waals surface area contributed by atoms with Gasteiger partial charge in [0.05, 0.1) is 5.39 Å². The second kappa shape index (κ2) is 11.2. The molecule has 11 heteroatoms. The van der Waals surface area contributed by atoms with Gasteiger partial charge in [-0.25, -0.2) is 4.39 Å². The Hall–Kier alpha value is -3.89. The zero-order chi connectivity index (χ0) is 28.7. The zero-order valence-corrected chi connectivity index (χ0v) is 23.8. The van der Waals surface area contributed by atoms with E-state index in [1.807, 2.05) is 19.1 Å². The van der Waals surface area contributed by atoms with Crippen molar-refractivity contribution in [2.45, 2.75) is 31.8 Å². The lowest BCUT2D eigenvalue weighted by Crippen LogP contribution is -2.53. The lowest BCUT2D eigenvalue weighted by atomic mass is 10.0. The molecular formula is C30H31ClFN7O2. The van der Waals surface area contributed by atoms with Gasteiger partial charge in [-0.05, 0) is 45.5 Å². The van der Waals surface area contributed by atoms with Crippen LogP contribution < -0.4 is 9.64 Å². The van der Waals surface area contributed by atoms with E-state index in [0.29, 0.717) is 53.4 Å². The van der Waals surface area contributed by atoms with E-state index in [2.05, 4.69) is 38.4 Å². The van der Waals surface area contributed by atoms with E-state index in [1.165, 1.54) is 6.08 Å². The molecule has 1 aromatic carbocycles. The van der Waals surface area contributed by atoms with Crippen LogP contribution in [0.5, 0.6) is 6.01 Å². The summed E-state index contributed by atoms with van der Waals surface area (Å²) < 4.78 is 22.6.